The zero-order valence-electron chi connectivity index (χ0n) is 20.6. The number of hydrogen-bond acceptors (Lipinski definition) is 3. The second kappa shape index (κ2) is 10.7. The molecule has 0 fully saturated rings. The van der Waals surface area contributed by atoms with Crippen molar-refractivity contribution in [1.82, 2.24) is 14.5 Å². The molecule has 0 N–H and O–H groups in total. The van der Waals surface area contributed by atoms with E-state index in [9.17, 15) is 0 Å². The van der Waals surface area contributed by atoms with Crippen molar-refractivity contribution in [3.63, 3.8) is 0 Å². The van der Waals surface area contributed by atoms with Crippen LogP contribution in [0, 0.1) is 12.1 Å². The van der Waals surface area contributed by atoms with Gasteiger partial charge < -0.3 is 9.30 Å². The average Bonchev–Trinajstić information content (AvgIpc) is 3.27. The Hall–Kier alpha value is -3.75. The molecule has 3 aromatic heterocycles. The number of rotatable bonds is 6. The molecule has 5 heteroatoms. The average molecular weight is 663 g/mol. The molecule has 0 spiro atoms. The molecule has 3 heterocycles. The summed E-state index contributed by atoms with van der Waals surface area (Å²) in [6.45, 7) is 4.27. The number of aromatic nitrogens is 3. The first-order valence-corrected chi connectivity index (χ1v) is 12.3. The molecule has 0 amide bonds. The van der Waals surface area contributed by atoms with Gasteiger partial charge in [0, 0.05) is 29.7 Å². The Morgan fingerprint density at radius 2 is 1.59 bits per heavy atom. The number of hydrogen-bond donors (Lipinski definition) is 0. The third-order valence-corrected chi connectivity index (χ3v) is 6.51. The van der Waals surface area contributed by atoms with Gasteiger partial charge in [0.25, 0.3) is 0 Å². The third kappa shape index (κ3) is 4.82. The van der Waals surface area contributed by atoms with Gasteiger partial charge in [0.2, 0.25) is 5.88 Å². The fourth-order valence-electron chi connectivity index (χ4n) is 4.55. The molecule has 184 valence electrons. The van der Waals surface area contributed by atoms with Crippen LogP contribution in [0.4, 0.5) is 0 Å². The van der Waals surface area contributed by atoms with Gasteiger partial charge >= 0.3 is 21.1 Å². The normalized spacial score (nSPS) is 11.0. The van der Waals surface area contributed by atoms with Gasteiger partial charge in [0.05, 0.1) is 0 Å². The minimum Gasteiger partial charge on any atom is -0.460 e. The van der Waals surface area contributed by atoms with E-state index < -0.39 is 0 Å². The van der Waals surface area contributed by atoms with E-state index in [0.717, 1.165) is 46.2 Å². The summed E-state index contributed by atoms with van der Waals surface area (Å²) in [6.07, 6.45) is 5.64. The molecule has 0 aliphatic carbocycles. The standard InChI is InChI=1S/C32H25N3O.Pt/c1-3-22-16-17-33-31(18-22)35-29-11-6-5-10-27(29)28-14-13-25(20-30(28)35)24-8-7-9-26(19-24)36-32-15-12-23(4-2)21-34-32;/h5-18,21H,3-4H2,1-2H3;/q-2;+2. The van der Waals surface area contributed by atoms with E-state index in [4.69, 9.17) is 9.72 Å². The predicted octanol–water partition coefficient (Wildman–Crippen LogP) is 7.76. The van der Waals surface area contributed by atoms with Crippen LogP contribution >= 0.6 is 0 Å². The van der Waals surface area contributed by atoms with Gasteiger partial charge in [-0.3, -0.25) is 0 Å². The van der Waals surface area contributed by atoms with Crippen LogP contribution in [0.1, 0.15) is 25.0 Å². The molecule has 0 bridgehead atoms. The van der Waals surface area contributed by atoms with E-state index in [-0.39, 0.29) is 21.1 Å². The van der Waals surface area contributed by atoms with Crippen molar-refractivity contribution in [1.29, 1.82) is 0 Å². The number of pyridine rings is 2. The van der Waals surface area contributed by atoms with Crippen molar-refractivity contribution < 1.29 is 25.8 Å². The summed E-state index contributed by atoms with van der Waals surface area (Å²) in [6, 6.07) is 33.8. The van der Waals surface area contributed by atoms with Crippen LogP contribution in [0.2, 0.25) is 0 Å². The molecule has 0 radical (unpaired) electrons. The zero-order valence-corrected chi connectivity index (χ0v) is 22.9. The first-order chi connectivity index (χ1) is 17.7. The fourth-order valence-corrected chi connectivity index (χ4v) is 4.55. The molecular weight excluding hydrogens is 637 g/mol. The zero-order chi connectivity index (χ0) is 24.5. The van der Waals surface area contributed by atoms with Crippen molar-refractivity contribution in [2.24, 2.45) is 0 Å². The molecule has 0 aliphatic heterocycles. The fraction of sp³-hybridized carbons (Fsp3) is 0.125. The number of ether oxygens (including phenoxy) is 1. The van der Waals surface area contributed by atoms with Gasteiger partial charge in [0.15, 0.2) is 0 Å². The summed E-state index contributed by atoms with van der Waals surface area (Å²) >= 11 is 0. The molecule has 37 heavy (non-hydrogen) atoms. The van der Waals surface area contributed by atoms with Crippen LogP contribution < -0.4 is 4.74 Å². The summed E-state index contributed by atoms with van der Waals surface area (Å²) in [5, 5.41) is 2.33. The van der Waals surface area contributed by atoms with E-state index in [2.05, 4.69) is 84.1 Å². The molecule has 0 unspecified atom stereocenters. The number of nitrogens with zero attached hydrogens (tertiary/aromatic N) is 3. The second-order valence-corrected chi connectivity index (χ2v) is 8.75. The first kappa shape index (κ1) is 24.9. The predicted molar refractivity (Wildman–Crippen MR) is 145 cm³/mol. The maximum absolute atomic E-state index is 6.00. The summed E-state index contributed by atoms with van der Waals surface area (Å²) < 4.78 is 8.20. The van der Waals surface area contributed by atoms with Crippen LogP contribution in [0.5, 0.6) is 11.6 Å². The Balaban J connectivity index is 0.00000280. The van der Waals surface area contributed by atoms with Crippen LogP contribution in [0.3, 0.4) is 0 Å². The molecule has 3 aromatic carbocycles. The summed E-state index contributed by atoms with van der Waals surface area (Å²) in [5.74, 6) is 2.08. The second-order valence-electron chi connectivity index (χ2n) is 8.75. The number of para-hydroxylation sites is 1. The Kier molecular flexibility index (Phi) is 7.21. The van der Waals surface area contributed by atoms with E-state index in [1.807, 2.05) is 42.7 Å². The molecule has 0 saturated heterocycles. The monoisotopic (exact) mass is 662 g/mol. The Morgan fingerprint density at radius 3 is 2.41 bits per heavy atom. The molecule has 0 atom stereocenters. The summed E-state index contributed by atoms with van der Waals surface area (Å²) in [5.41, 5.74) is 6.39. The minimum absolute atomic E-state index is 0. The maximum Gasteiger partial charge on any atom is 2.00 e. The quantitative estimate of drug-likeness (QED) is 0.171. The Morgan fingerprint density at radius 1 is 0.757 bits per heavy atom. The molecule has 6 rings (SSSR count). The Bertz CT molecular complexity index is 1690. The first-order valence-electron chi connectivity index (χ1n) is 12.3. The smallest absolute Gasteiger partial charge is 0.460 e. The van der Waals surface area contributed by atoms with E-state index >= 15 is 0 Å². The summed E-state index contributed by atoms with van der Waals surface area (Å²) in [4.78, 5) is 9.13. The molecule has 6 aromatic rings. The van der Waals surface area contributed by atoms with E-state index in [0.29, 0.717) is 11.6 Å². The molecule has 4 nitrogen and oxygen atoms in total. The van der Waals surface area contributed by atoms with Crippen molar-refractivity contribution in [3.8, 4) is 28.6 Å². The van der Waals surface area contributed by atoms with E-state index in [1.165, 1.54) is 16.5 Å². The van der Waals surface area contributed by atoms with Gasteiger partial charge in [-0.2, -0.15) is 24.3 Å². The van der Waals surface area contributed by atoms with Crippen molar-refractivity contribution in [2.45, 2.75) is 26.7 Å². The number of aryl methyl sites for hydroxylation is 2. The summed E-state index contributed by atoms with van der Waals surface area (Å²) in [7, 11) is 0. The maximum atomic E-state index is 6.00. The largest absolute Gasteiger partial charge is 2.00 e. The molecule has 0 saturated carbocycles. The molecule has 0 aliphatic rings. The van der Waals surface area contributed by atoms with Crippen molar-refractivity contribution in [3.05, 3.63) is 115 Å². The van der Waals surface area contributed by atoms with Crippen LogP contribution in [-0.4, -0.2) is 14.5 Å². The SMILES string of the molecule is CCc1ccc(Oc2[c-]c(-c3[c-]c4c(cc3)c3ccccc3n4-c3cc(CC)ccn3)ccc2)nc1.[Pt+2]. The van der Waals surface area contributed by atoms with Crippen LogP contribution in [-0.2, 0) is 33.9 Å². The van der Waals surface area contributed by atoms with Gasteiger partial charge in [-0.1, -0.05) is 43.5 Å². The van der Waals surface area contributed by atoms with Crippen LogP contribution in [0.25, 0.3) is 38.8 Å². The number of benzene rings is 3. The Labute approximate surface area is 231 Å². The molecular formula is C32H25N3OPt. The minimum atomic E-state index is 0. The van der Waals surface area contributed by atoms with Crippen molar-refractivity contribution in [2.75, 3.05) is 0 Å². The van der Waals surface area contributed by atoms with Gasteiger partial charge in [-0.25, -0.2) is 21.1 Å². The van der Waals surface area contributed by atoms with Crippen LogP contribution in [0.15, 0.2) is 91.3 Å². The van der Waals surface area contributed by atoms with Crippen molar-refractivity contribution >= 4 is 21.8 Å². The van der Waals surface area contributed by atoms with Gasteiger partial charge in [-0.05, 0) is 53.1 Å². The topological polar surface area (TPSA) is 39.9 Å². The van der Waals surface area contributed by atoms with Gasteiger partial charge in [-0.15, -0.1) is 18.2 Å². The van der Waals surface area contributed by atoms with Gasteiger partial charge in [0.1, 0.15) is 5.82 Å². The van der Waals surface area contributed by atoms with E-state index in [1.54, 1.807) is 0 Å². The number of fused-ring (bicyclic) bond motifs is 3. The third-order valence-electron chi connectivity index (χ3n) is 6.51.